The van der Waals surface area contributed by atoms with Crippen LogP contribution in [-0.4, -0.2) is 63.4 Å². The SMILES string of the molecule is CC(C)OC(=O)N1CC[C@H]2CN(C(=O)c3ccc(Cn4cccn4)o3)C[C@H]21. The molecule has 2 saturated heterocycles. The summed E-state index contributed by atoms with van der Waals surface area (Å²) in [6.45, 7) is 6.02. The van der Waals surface area contributed by atoms with Crippen LogP contribution in [0.3, 0.4) is 0 Å². The van der Waals surface area contributed by atoms with Gasteiger partial charge in [-0.3, -0.25) is 9.48 Å². The lowest BCUT2D eigenvalue weighted by atomic mass is 10.1. The third-order valence-electron chi connectivity index (χ3n) is 5.16. The van der Waals surface area contributed by atoms with E-state index >= 15 is 0 Å². The molecule has 2 amide bonds. The molecule has 27 heavy (non-hydrogen) atoms. The number of carbonyl (C=O) groups is 2. The molecule has 2 aromatic heterocycles. The van der Waals surface area contributed by atoms with E-state index in [1.165, 1.54) is 0 Å². The van der Waals surface area contributed by atoms with Crippen LogP contribution in [0.2, 0.25) is 0 Å². The van der Waals surface area contributed by atoms with Gasteiger partial charge in [-0.15, -0.1) is 0 Å². The molecule has 0 aliphatic carbocycles. The molecule has 2 aliphatic heterocycles. The van der Waals surface area contributed by atoms with Crippen molar-refractivity contribution in [3.8, 4) is 0 Å². The molecule has 4 rings (SSSR count). The Kier molecular flexibility index (Phi) is 4.63. The first-order valence-electron chi connectivity index (χ1n) is 9.34. The van der Waals surface area contributed by atoms with Gasteiger partial charge in [0.2, 0.25) is 0 Å². The second-order valence-electron chi connectivity index (χ2n) is 7.42. The van der Waals surface area contributed by atoms with Crippen LogP contribution in [0.1, 0.15) is 36.6 Å². The van der Waals surface area contributed by atoms with Gasteiger partial charge in [-0.05, 0) is 38.5 Å². The molecule has 4 heterocycles. The second-order valence-corrected chi connectivity index (χ2v) is 7.42. The van der Waals surface area contributed by atoms with Gasteiger partial charge in [-0.1, -0.05) is 0 Å². The predicted molar refractivity (Wildman–Crippen MR) is 96.2 cm³/mol. The van der Waals surface area contributed by atoms with Crippen LogP contribution in [0.4, 0.5) is 4.79 Å². The van der Waals surface area contributed by atoms with E-state index in [1.807, 2.05) is 26.1 Å². The number of likely N-dealkylation sites (tertiary alicyclic amines) is 2. The standard InChI is InChI=1S/C19H24N4O4/c1-13(2)26-19(25)23-9-6-14-10-21(12-16(14)23)18(24)17-5-4-15(27-17)11-22-8-3-7-20-22/h3-5,7-8,13-14,16H,6,9-12H2,1-2H3/t14-,16+/m0/s1. The zero-order valence-corrected chi connectivity index (χ0v) is 15.6. The number of hydrogen-bond donors (Lipinski definition) is 0. The van der Waals surface area contributed by atoms with Crippen LogP contribution in [0.5, 0.6) is 0 Å². The lowest BCUT2D eigenvalue weighted by Crippen LogP contribution is -2.41. The summed E-state index contributed by atoms with van der Waals surface area (Å²) in [4.78, 5) is 28.6. The summed E-state index contributed by atoms with van der Waals surface area (Å²) in [6, 6.07) is 5.38. The number of ether oxygens (including phenoxy) is 1. The normalized spacial score (nSPS) is 21.7. The quantitative estimate of drug-likeness (QED) is 0.822. The first kappa shape index (κ1) is 17.6. The molecule has 8 heteroatoms. The zero-order chi connectivity index (χ0) is 19.0. The highest BCUT2D eigenvalue weighted by atomic mass is 16.6. The molecule has 0 saturated carbocycles. The Morgan fingerprint density at radius 2 is 2.19 bits per heavy atom. The number of amides is 2. The maximum atomic E-state index is 12.8. The number of nitrogens with zero attached hydrogens (tertiary/aromatic N) is 4. The van der Waals surface area contributed by atoms with Gasteiger partial charge in [-0.2, -0.15) is 5.10 Å². The Bertz CT molecular complexity index is 814. The van der Waals surface area contributed by atoms with Gasteiger partial charge in [0, 0.05) is 37.9 Å². The molecule has 0 bridgehead atoms. The predicted octanol–water partition coefficient (Wildman–Crippen LogP) is 2.22. The fourth-order valence-corrected chi connectivity index (χ4v) is 3.91. The monoisotopic (exact) mass is 372 g/mol. The first-order valence-corrected chi connectivity index (χ1v) is 9.34. The minimum Gasteiger partial charge on any atom is -0.454 e. The molecule has 0 spiro atoms. The van der Waals surface area contributed by atoms with Crippen LogP contribution in [0, 0.1) is 5.92 Å². The maximum Gasteiger partial charge on any atom is 0.410 e. The van der Waals surface area contributed by atoms with Gasteiger partial charge in [0.25, 0.3) is 5.91 Å². The lowest BCUT2D eigenvalue weighted by Gasteiger charge is -2.25. The van der Waals surface area contributed by atoms with Crippen molar-refractivity contribution in [2.45, 2.75) is 39.0 Å². The Morgan fingerprint density at radius 1 is 1.33 bits per heavy atom. The number of rotatable bonds is 4. The Labute approximate surface area is 157 Å². The van der Waals surface area contributed by atoms with Crippen LogP contribution in [0.15, 0.2) is 35.0 Å². The van der Waals surface area contributed by atoms with Gasteiger partial charge >= 0.3 is 6.09 Å². The van der Waals surface area contributed by atoms with Gasteiger partial charge in [0.05, 0.1) is 18.7 Å². The van der Waals surface area contributed by atoms with E-state index < -0.39 is 0 Å². The molecule has 2 atom stereocenters. The molecular formula is C19H24N4O4. The smallest absolute Gasteiger partial charge is 0.410 e. The van der Waals surface area contributed by atoms with Crippen molar-refractivity contribution in [1.82, 2.24) is 19.6 Å². The van der Waals surface area contributed by atoms with E-state index in [0.717, 1.165) is 6.42 Å². The van der Waals surface area contributed by atoms with E-state index in [9.17, 15) is 9.59 Å². The van der Waals surface area contributed by atoms with Crippen molar-refractivity contribution in [1.29, 1.82) is 0 Å². The average Bonchev–Trinajstić information content (AvgIpc) is 3.38. The zero-order valence-electron chi connectivity index (χ0n) is 15.6. The number of aromatic nitrogens is 2. The number of furan rings is 1. The summed E-state index contributed by atoms with van der Waals surface area (Å²) >= 11 is 0. The first-order chi connectivity index (χ1) is 13.0. The molecule has 0 N–H and O–H groups in total. The van der Waals surface area contributed by atoms with E-state index in [1.54, 1.807) is 32.8 Å². The molecule has 0 aromatic carbocycles. The van der Waals surface area contributed by atoms with Crippen molar-refractivity contribution in [3.63, 3.8) is 0 Å². The molecule has 2 aromatic rings. The number of hydrogen-bond acceptors (Lipinski definition) is 5. The minimum atomic E-state index is -0.286. The highest BCUT2D eigenvalue weighted by Gasteiger charge is 2.45. The second kappa shape index (κ2) is 7.09. The van der Waals surface area contributed by atoms with Crippen molar-refractivity contribution in [2.75, 3.05) is 19.6 Å². The van der Waals surface area contributed by atoms with Crippen LogP contribution in [-0.2, 0) is 11.3 Å². The minimum absolute atomic E-state index is 0.0266. The third kappa shape index (κ3) is 3.56. The lowest BCUT2D eigenvalue weighted by molar-refractivity contribution is 0.0654. The van der Waals surface area contributed by atoms with Crippen LogP contribution >= 0.6 is 0 Å². The van der Waals surface area contributed by atoms with Gasteiger partial charge < -0.3 is 19.0 Å². The van der Waals surface area contributed by atoms with E-state index in [0.29, 0.717) is 43.6 Å². The van der Waals surface area contributed by atoms with Crippen LogP contribution in [0.25, 0.3) is 0 Å². The summed E-state index contributed by atoms with van der Waals surface area (Å²) in [5.41, 5.74) is 0. The Hall–Kier alpha value is -2.77. The fourth-order valence-electron chi connectivity index (χ4n) is 3.91. The molecule has 0 unspecified atom stereocenters. The molecule has 2 aliphatic rings. The summed E-state index contributed by atoms with van der Waals surface area (Å²) in [5.74, 6) is 1.18. The third-order valence-corrected chi connectivity index (χ3v) is 5.16. The summed E-state index contributed by atoms with van der Waals surface area (Å²) in [5, 5.41) is 4.14. The van der Waals surface area contributed by atoms with Gasteiger partial charge in [-0.25, -0.2) is 4.79 Å². The summed E-state index contributed by atoms with van der Waals surface area (Å²) < 4.78 is 12.8. The summed E-state index contributed by atoms with van der Waals surface area (Å²) in [6.07, 6.45) is 4.01. The van der Waals surface area contributed by atoms with Crippen LogP contribution < -0.4 is 0 Å². The fraction of sp³-hybridized carbons (Fsp3) is 0.526. The largest absolute Gasteiger partial charge is 0.454 e. The molecule has 2 fully saturated rings. The number of carbonyl (C=O) groups excluding carboxylic acids is 2. The topological polar surface area (TPSA) is 80.8 Å². The maximum absolute atomic E-state index is 12.8. The van der Waals surface area contributed by atoms with Crippen molar-refractivity contribution in [3.05, 3.63) is 42.1 Å². The van der Waals surface area contributed by atoms with Crippen molar-refractivity contribution < 1.29 is 18.7 Å². The average molecular weight is 372 g/mol. The van der Waals surface area contributed by atoms with Crippen molar-refractivity contribution >= 4 is 12.0 Å². The Morgan fingerprint density at radius 3 is 2.93 bits per heavy atom. The van der Waals surface area contributed by atoms with E-state index in [4.69, 9.17) is 9.15 Å². The molecule has 0 radical (unpaired) electrons. The molecular weight excluding hydrogens is 348 g/mol. The number of fused-ring (bicyclic) bond motifs is 1. The molecule has 144 valence electrons. The Balaban J connectivity index is 1.39. The summed E-state index contributed by atoms with van der Waals surface area (Å²) in [7, 11) is 0. The van der Waals surface area contributed by atoms with Gasteiger partial charge in [0.15, 0.2) is 5.76 Å². The highest BCUT2D eigenvalue weighted by molar-refractivity contribution is 5.92. The van der Waals surface area contributed by atoms with E-state index in [2.05, 4.69) is 5.10 Å². The van der Waals surface area contributed by atoms with Crippen molar-refractivity contribution in [2.24, 2.45) is 5.92 Å². The molecule has 8 nitrogen and oxygen atoms in total. The van der Waals surface area contributed by atoms with E-state index in [-0.39, 0.29) is 24.1 Å². The van der Waals surface area contributed by atoms with Gasteiger partial charge in [0.1, 0.15) is 5.76 Å². The highest BCUT2D eigenvalue weighted by Crippen LogP contribution is 2.33.